The summed E-state index contributed by atoms with van der Waals surface area (Å²) in [5.41, 5.74) is -0.518. The summed E-state index contributed by atoms with van der Waals surface area (Å²) in [6, 6.07) is 6.24. The van der Waals surface area contributed by atoms with Gasteiger partial charge in [0.05, 0.1) is 0 Å². The molecule has 0 radical (unpaired) electrons. The highest BCUT2D eigenvalue weighted by atomic mass is 35.5. The molecule has 0 N–H and O–H groups in total. The van der Waals surface area contributed by atoms with Crippen molar-refractivity contribution in [2.45, 2.75) is 44.9 Å². The standard InChI is InChI=1S/C14H17BClO5/c1-13(2)14(3,4)21-15(20-13)11(18-12(17)19-15)9-5-7-10(16)8-6-9/h5-8,11H,1-4H3/q-1. The third kappa shape index (κ3) is 2.22. The van der Waals surface area contributed by atoms with Crippen molar-refractivity contribution >= 4 is 24.5 Å². The Kier molecular flexibility index (Phi) is 3.07. The summed E-state index contributed by atoms with van der Waals surface area (Å²) in [6.45, 7) is 5.24. The Morgan fingerprint density at radius 2 is 1.57 bits per heavy atom. The molecule has 5 nitrogen and oxygen atoms in total. The summed E-state index contributed by atoms with van der Waals surface area (Å²) in [4.78, 5) is 11.7. The number of carbonyl (C=O) groups excluding carboxylic acids is 1. The third-order valence-corrected chi connectivity index (χ3v) is 4.67. The smallest absolute Gasteiger partial charge is 0.484 e. The van der Waals surface area contributed by atoms with E-state index in [1.165, 1.54) is 0 Å². The fourth-order valence-electron chi connectivity index (χ4n) is 2.67. The van der Waals surface area contributed by atoms with Crippen molar-refractivity contribution in [1.82, 2.24) is 0 Å². The Morgan fingerprint density at radius 3 is 2.10 bits per heavy atom. The molecule has 0 saturated carbocycles. The van der Waals surface area contributed by atoms with Crippen LogP contribution >= 0.6 is 11.6 Å². The van der Waals surface area contributed by atoms with Crippen LogP contribution in [0.3, 0.4) is 0 Å². The first-order valence-electron chi connectivity index (χ1n) is 6.85. The van der Waals surface area contributed by atoms with E-state index in [4.69, 9.17) is 30.3 Å². The van der Waals surface area contributed by atoms with E-state index in [1.54, 1.807) is 24.3 Å². The predicted molar refractivity (Wildman–Crippen MR) is 77.8 cm³/mol. The molecule has 0 aromatic heterocycles. The number of cyclic esters (lactones) is 1. The lowest BCUT2D eigenvalue weighted by Gasteiger charge is -2.36. The molecule has 1 aromatic carbocycles. The molecule has 7 heteroatoms. The minimum absolute atomic E-state index is 0.597. The van der Waals surface area contributed by atoms with E-state index in [1.807, 2.05) is 27.7 Å². The first-order valence-corrected chi connectivity index (χ1v) is 7.22. The Hall–Kier alpha value is -1.24. The predicted octanol–water partition coefficient (Wildman–Crippen LogP) is 3.63. The molecule has 2 aliphatic rings. The van der Waals surface area contributed by atoms with E-state index in [0.29, 0.717) is 5.02 Å². The molecule has 0 aliphatic carbocycles. The monoisotopic (exact) mass is 311 g/mol. The molecule has 2 fully saturated rings. The van der Waals surface area contributed by atoms with Gasteiger partial charge in [0.15, 0.2) is 0 Å². The second-order valence-corrected chi connectivity index (χ2v) is 6.85. The zero-order valence-corrected chi connectivity index (χ0v) is 13.1. The van der Waals surface area contributed by atoms with E-state index in [-0.39, 0.29) is 0 Å². The number of rotatable bonds is 1. The van der Waals surface area contributed by atoms with Gasteiger partial charge < -0.3 is 18.7 Å². The van der Waals surface area contributed by atoms with E-state index in [0.717, 1.165) is 5.56 Å². The molecule has 1 atom stereocenters. The molecule has 21 heavy (non-hydrogen) atoms. The zero-order valence-electron chi connectivity index (χ0n) is 12.4. The van der Waals surface area contributed by atoms with Crippen molar-refractivity contribution in [1.29, 1.82) is 0 Å². The lowest BCUT2D eigenvalue weighted by Crippen LogP contribution is -2.45. The number of hydrogen-bond donors (Lipinski definition) is 0. The Morgan fingerprint density at radius 1 is 1.05 bits per heavy atom. The van der Waals surface area contributed by atoms with Gasteiger partial charge in [0.1, 0.15) is 6.00 Å². The third-order valence-electron chi connectivity index (χ3n) is 4.42. The normalized spacial score (nSPS) is 28.4. The molecule has 2 heterocycles. The fraction of sp³-hybridized carbons (Fsp3) is 0.500. The van der Waals surface area contributed by atoms with Crippen LogP contribution in [-0.4, -0.2) is 24.1 Å². The fourth-order valence-corrected chi connectivity index (χ4v) is 2.79. The van der Waals surface area contributed by atoms with Crippen molar-refractivity contribution in [3.05, 3.63) is 34.9 Å². The number of benzene rings is 1. The van der Waals surface area contributed by atoms with Gasteiger partial charge in [-0.15, -0.1) is 0 Å². The van der Waals surface area contributed by atoms with E-state index < -0.39 is 30.1 Å². The second-order valence-electron chi connectivity index (χ2n) is 6.41. The van der Waals surface area contributed by atoms with Crippen molar-refractivity contribution < 1.29 is 23.5 Å². The number of carbonyl (C=O) groups is 1. The van der Waals surface area contributed by atoms with E-state index in [9.17, 15) is 4.79 Å². The van der Waals surface area contributed by atoms with Gasteiger partial charge in [0.2, 0.25) is 0 Å². The lowest BCUT2D eigenvalue weighted by molar-refractivity contribution is 0.00578. The summed E-state index contributed by atoms with van der Waals surface area (Å²) in [7, 11) is 0. The molecule has 114 valence electrons. The minimum Gasteiger partial charge on any atom is -0.609 e. The molecule has 2 aliphatic heterocycles. The number of hydrogen-bond acceptors (Lipinski definition) is 5. The van der Waals surface area contributed by atoms with Gasteiger partial charge in [0.25, 0.3) is 0 Å². The van der Waals surface area contributed by atoms with Gasteiger partial charge in [-0.3, -0.25) is 0 Å². The zero-order chi connectivity index (χ0) is 15.5. The summed E-state index contributed by atoms with van der Waals surface area (Å²) < 4.78 is 22.6. The molecule has 1 unspecified atom stereocenters. The van der Waals surface area contributed by atoms with Gasteiger partial charge in [-0.1, -0.05) is 23.7 Å². The Bertz CT molecular complexity index is 568. The number of ether oxygens (including phenoxy) is 1. The summed E-state index contributed by atoms with van der Waals surface area (Å²) in [5, 5.41) is 0.597. The van der Waals surface area contributed by atoms with Gasteiger partial charge in [-0.2, -0.15) is 0 Å². The van der Waals surface area contributed by atoms with Crippen LogP contribution in [-0.2, 0) is 18.7 Å². The maximum Gasteiger partial charge on any atom is 0.484 e. The highest BCUT2D eigenvalue weighted by Crippen LogP contribution is 2.50. The maximum atomic E-state index is 11.7. The molecule has 1 aromatic rings. The van der Waals surface area contributed by atoms with Gasteiger partial charge in [0, 0.05) is 16.2 Å². The van der Waals surface area contributed by atoms with Crippen LogP contribution in [0.5, 0.6) is 0 Å². The number of halogens is 1. The molecule has 3 rings (SSSR count). The SMILES string of the molecule is CC1(C)O[B-]2(OC(=O)OC2c2ccc(Cl)cc2)OC1(C)C. The van der Waals surface area contributed by atoms with E-state index in [2.05, 4.69) is 0 Å². The summed E-state index contributed by atoms with van der Waals surface area (Å²) >= 11 is 5.89. The van der Waals surface area contributed by atoms with Crippen molar-refractivity contribution in [3.8, 4) is 0 Å². The quantitative estimate of drug-likeness (QED) is 0.585. The van der Waals surface area contributed by atoms with Crippen LogP contribution in [0.25, 0.3) is 0 Å². The van der Waals surface area contributed by atoms with Crippen molar-refractivity contribution in [3.63, 3.8) is 0 Å². The van der Waals surface area contributed by atoms with Crippen LogP contribution in [0.1, 0.15) is 39.3 Å². The van der Waals surface area contributed by atoms with Crippen molar-refractivity contribution in [2.24, 2.45) is 0 Å². The highest BCUT2D eigenvalue weighted by molar-refractivity contribution is 6.65. The molecule has 2 saturated heterocycles. The van der Waals surface area contributed by atoms with Crippen LogP contribution < -0.4 is 0 Å². The molecular formula is C14H17BClO5-. The van der Waals surface area contributed by atoms with E-state index >= 15 is 0 Å². The molecule has 1 spiro atoms. The van der Waals surface area contributed by atoms with Crippen LogP contribution in [0.2, 0.25) is 5.02 Å². The highest BCUT2D eigenvalue weighted by Gasteiger charge is 2.63. The largest absolute Gasteiger partial charge is 0.609 e. The summed E-state index contributed by atoms with van der Waals surface area (Å²) in [6.07, 6.45) is -0.788. The van der Waals surface area contributed by atoms with Crippen LogP contribution in [0, 0.1) is 0 Å². The maximum absolute atomic E-state index is 11.7. The van der Waals surface area contributed by atoms with Gasteiger partial charge in [-0.25, -0.2) is 4.79 Å². The first kappa shape index (κ1) is 14.7. The van der Waals surface area contributed by atoms with Crippen LogP contribution in [0.15, 0.2) is 24.3 Å². The lowest BCUT2D eigenvalue weighted by atomic mass is 9.68. The molecule has 0 bridgehead atoms. The van der Waals surface area contributed by atoms with Crippen LogP contribution in [0.4, 0.5) is 4.79 Å². The topological polar surface area (TPSA) is 54.0 Å². The minimum atomic E-state index is -2.35. The Labute approximate surface area is 128 Å². The summed E-state index contributed by atoms with van der Waals surface area (Å²) in [5.74, 6) is 0. The average molecular weight is 312 g/mol. The van der Waals surface area contributed by atoms with Crippen molar-refractivity contribution in [2.75, 3.05) is 0 Å². The molecule has 0 amide bonds. The second kappa shape index (κ2) is 4.38. The van der Waals surface area contributed by atoms with Gasteiger partial charge in [-0.05, 0) is 45.4 Å². The van der Waals surface area contributed by atoms with Gasteiger partial charge >= 0.3 is 12.9 Å². The first-order chi connectivity index (χ1) is 9.65. The Balaban J connectivity index is 2.01. The average Bonchev–Trinajstić information content (AvgIpc) is 2.73. The molecular weight excluding hydrogens is 294 g/mol.